The summed E-state index contributed by atoms with van der Waals surface area (Å²) in [5.74, 6) is 0.271. The molecule has 0 saturated carbocycles. The van der Waals surface area contributed by atoms with Crippen LogP contribution in [0.1, 0.15) is 18.5 Å². The lowest BCUT2D eigenvalue weighted by atomic mass is 9.94. The number of rotatable bonds is 7. The molecule has 2 aromatic rings. The van der Waals surface area contributed by atoms with Crippen molar-refractivity contribution >= 4 is 40.6 Å². The van der Waals surface area contributed by atoms with Crippen molar-refractivity contribution in [2.75, 3.05) is 32.3 Å². The first-order valence-electron chi connectivity index (χ1n) is 9.33. The fraction of sp³-hybridized carbons (Fsp3) is 0.273. The normalized spacial score (nSPS) is 16.3. The minimum Gasteiger partial charge on any atom is -0.497 e. The molecule has 8 heteroatoms. The molecule has 0 bridgehead atoms. The second kappa shape index (κ2) is 9.93. The Kier molecular flexibility index (Phi) is 7.31. The molecule has 0 radical (unpaired) electrons. The van der Waals surface area contributed by atoms with Crippen molar-refractivity contribution in [1.29, 1.82) is 0 Å². The van der Waals surface area contributed by atoms with E-state index in [2.05, 4.69) is 5.32 Å². The number of benzene rings is 2. The van der Waals surface area contributed by atoms with Gasteiger partial charge < -0.3 is 19.5 Å². The van der Waals surface area contributed by atoms with E-state index in [1.54, 1.807) is 25.2 Å². The topological polar surface area (TPSA) is 60.0 Å². The molecule has 6 nitrogen and oxygen atoms in total. The Labute approximate surface area is 186 Å². The number of nitrogens with one attached hydrogen (secondary N) is 1. The van der Waals surface area contributed by atoms with Crippen molar-refractivity contribution in [3.05, 3.63) is 70.4 Å². The first-order valence-corrected chi connectivity index (χ1v) is 10.1. The first kappa shape index (κ1) is 22.1. The molecule has 3 rings (SSSR count). The lowest BCUT2D eigenvalue weighted by Crippen LogP contribution is -2.48. The molecule has 0 amide bonds. The van der Waals surface area contributed by atoms with Gasteiger partial charge in [0.2, 0.25) is 0 Å². The number of nitrogens with zero attached hydrogens (tertiary/aromatic N) is 1. The summed E-state index contributed by atoms with van der Waals surface area (Å²) in [5, 5.41) is 4.24. The second-order valence-corrected chi connectivity index (χ2v) is 7.36. The van der Waals surface area contributed by atoms with Gasteiger partial charge in [-0.15, -0.1) is 0 Å². The highest BCUT2D eigenvalue weighted by Crippen LogP contribution is 2.37. The monoisotopic (exact) mass is 446 g/mol. The van der Waals surface area contributed by atoms with Gasteiger partial charge in [0.15, 0.2) is 5.11 Å². The van der Waals surface area contributed by atoms with Gasteiger partial charge in [-0.05, 0) is 55.0 Å². The maximum Gasteiger partial charge on any atom is 0.338 e. The fourth-order valence-corrected chi connectivity index (χ4v) is 3.89. The molecule has 0 aromatic heterocycles. The van der Waals surface area contributed by atoms with E-state index in [1.165, 1.54) is 0 Å². The highest BCUT2D eigenvalue weighted by Gasteiger charge is 2.36. The van der Waals surface area contributed by atoms with Gasteiger partial charge in [-0.25, -0.2) is 4.79 Å². The van der Waals surface area contributed by atoms with Crippen molar-refractivity contribution < 1.29 is 19.0 Å². The largest absolute Gasteiger partial charge is 0.497 e. The highest BCUT2D eigenvalue weighted by atomic mass is 35.5. The summed E-state index contributed by atoms with van der Waals surface area (Å²) < 4.78 is 15.7. The first-order chi connectivity index (χ1) is 14.5. The SMILES string of the molecule is COCCOC(=O)C1=C(C)N(c2ccc(OC)cc2)C(=S)NC1c1ccccc1Cl. The number of carbonyl (C=O) groups excluding carboxylic acids is 1. The Balaban J connectivity index is 2.07. The molecule has 1 unspecified atom stereocenters. The third kappa shape index (κ3) is 4.59. The molecule has 0 fully saturated rings. The summed E-state index contributed by atoms with van der Waals surface area (Å²) in [4.78, 5) is 14.9. The van der Waals surface area contributed by atoms with Gasteiger partial charge >= 0.3 is 5.97 Å². The molecule has 30 heavy (non-hydrogen) atoms. The molecule has 158 valence electrons. The van der Waals surface area contributed by atoms with E-state index in [9.17, 15) is 4.79 Å². The van der Waals surface area contributed by atoms with Crippen LogP contribution in [0.25, 0.3) is 0 Å². The van der Waals surface area contributed by atoms with Crippen LogP contribution in [0.2, 0.25) is 5.02 Å². The summed E-state index contributed by atoms with van der Waals surface area (Å²) in [7, 11) is 3.16. The zero-order valence-electron chi connectivity index (χ0n) is 17.0. The molecule has 1 aliphatic heterocycles. The average molecular weight is 447 g/mol. The van der Waals surface area contributed by atoms with Crippen LogP contribution in [0.15, 0.2) is 59.8 Å². The minimum absolute atomic E-state index is 0.147. The molecule has 0 aliphatic carbocycles. The predicted molar refractivity (Wildman–Crippen MR) is 121 cm³/mol. The van der Waals surface area contributed by atoms with Crippen LogP contribution in [0, 0.1) is 0 Å². The lowest BCUT2D eigenvalue weighted by molar-refractivity contribution is -0.140. The van der Waals surface area contributed by atoms with Gasteiger partial charge in [0.25, 0.3) is 0 Å². The van der Waals surface area contributed by atoms with E-state index in [0.29, 0.717) is 28.0 Å². The van der Waals surface area contributed by atoms with Gasteiger partial charge in [0, 0.05) is 23.5 Å². The van der Waals surface area contributed by atoms with E-state index in [-0.39, 0.29) is 6.61 Å². The predicted octanol–water partition coefficient (Wildman–Crippen LogP) is 4.25. The van der Waals surface area contributed by atoms with Crippen molar-refractivity contribution in [2.45, 2.75) is 13.0 Å². The summed E-state index contributed by atoms with van der Waals surface area (Å²) in [5.41, 5.74) is 2.64. The van der Waals surface area contributed by atoms with E-state index in [4.69, 9.17) is 38.0 Å². The molecule has 1 atom stereocenters. The molecule has 1 aliphatic rings. The van der Waals surface area contributed by atoms with Crippen LogP contribution in [0.5, 0.6) is 5.75 Å². The summed E-state index contributed by atoms with van der Waals surface area (Å²) >= 11 is 12.1. The number of carbonyl (C=O) groups is 1. The van der Waals surface area contributed by atoms with Gasteiger partial charge in [-0.2, -0.15) is 0 Å². The van der Waals surface area contributed by atoms with Gasteiger partial charge in [0.05, 0.1) is 25.3 Å². The number of allylic oxidation sites excluding steroid dienone is 1. The Bertz CT molecular complexity index is 962. The fourth-order valence-electron chi connectivity index (χ4n) is 3.29. The standard InChI is InChI=1S/C22H23ClN2O4S/c1-14-19(21(26)29-13-12-27-2)20(17-6-4-5-7-18(17)23)24-22(30)25(14)15-8-10-16(28-3)11-9-15/h4-11,20H,12-13H2,1-3H3,(H,24,30). The van der Waals surface area contributed by atoms with Crippen LogP contribution in [0.4, 0.5) is 5.69 Å². The summed E-state index contributed by atoms with van der Waals surface area (Å²) in [6.45, 7) is 2.30. The van der Waals surface area contributed by atoms with Crippen LogP contribution >= 0.6 is 23.8 Å². The molecule has 1 N–H and O–H groups in total. The zero-order chi connectivity index (χ0) is 21.7. The third-order valence-corrected chi connectivity index (χ3v) is 5.42. The lowest BCUT2D eigenvalue weighted by Gasteiger charge is -2.37. The number of ether oxygens (including phenoxy) is 3. The van der Waals surface area contributed by atoms with Crippen LogP contribution in [-0.4, -0.2) is 38.5 Å². The van der Waals surface area contributed by atoms with Gasteiger partial charge in [0.1, 0.15) is 12.4 Å². The van der Waals surface area contributed by atoms with Crippen LogP contribution < -0.4 is 15.0 Å². The van der Waals surface area contributed by atoms with Crippen LogP contribution in [0.3, 0.4) is 0 Å². The van der Waals surface area contributed by atoms with E-state index in [1.807, 2.05) is 49.4 Å². The molecule has 0 spiro atoms. The zero-order valence-corrected chi connectivity index (χ0v) is 18.5. The Hall–Kier alpha value is -2.61. The minimum atomic E-state index is -0.532. The smallest absolute Gasteiger partial charge is 0.338 e. The Morgan fingerprint density at radius 3 is 2.47 bits per heavy atom. The summed E-state index contributed by atoms with van der Waals surface area (Å²) in [6.07, 6.45) is 0. The number of thiocarbonyl (C=S) groups is 1. The maximum absolute atomic E-state index is 13.1. The van der Waals surface area contributed by atoms with Crippen molar-refractivity contribution in [2.24, 2.45) is 0 Å². The molecule has 1 heterocycles. The van der Waals surface area contributed by atoms with Crippen molar-refractivity contribution in [1.82, 2.24) is 5.32 Å². The number of esters is 1. The average Bonchev–Trinajstić information content (AvgIpc) is 2.74. The quantitative estimate of drug-likeness (QED) is 0.387. The number of hydrogen-bond donors (Lipinski definition) is 1. The van der Waals surface area contributed by atoms with E-state index in [0.717, 1.165) is 17.0 Å². The van der Waals surface area contributed by atoms with E-state index < -0.39 is 12.0 Å². The van der Waals surface area contributed by atoms with E-state index >= 15 is 0 Å². The molecule has 2 aromatic carbocycles. The number of anilines is 1. The number of methoxy groups -OCH3 is 2. The number of hydrogen-bond acceptors (Lipinski definition) is 5. The van der Waals surface area contributed by atoms with Gasteiger partial charge in [-0.1, -0.05) is 29.8 Å². The Morgan fingerprint density at radius 2 is 1.83 bits per heavy atom. The Morgan fingerprint density at radius 1 is 1.13 bits per heavy atom. The maximum atomic E-state index is 13.1. The van der Waals surface area contributed by atoms with Crippen LogP contribution in [-0.2, 0) is 14.3 Å². The van der Waals surface area contributed by atoms with Gasteiger partial charge in [-0.3, -0.25) is 4.90 Å². The second-order valence-electron chi connectivity index (χ2n) is 6.57. The van der Waals surface area contributed by atoms with Crippen molar-refractivity contribution in [3.8, 4) is 5.75 Å². The number of halogens is 1. The molecule has 0 saturated heterocycles. The third-order valence-electron chi connectivity index (χ3n) is 4.77. The summed E-state index contributed by atoms with van der Waals surface area (Å²) in [6, 6.07) is 14.2. The molecular weight excluding hydrogens is 424 g/mol. The highest BCUT2D eigenvalue weighted by molar-refractivity contribution is 7.80. The molecular formula is C22H23ClN2O4S. The van der Waals surface area contributed by atoms with Crippen molar-refractivity contribution in [3.63, 3.8) is 0 Å².